The Morgan fingerprint density at radius 2 is 2.20 bits per heavy atom. The second-order valence-electron chi connectivity index (χ2n) is 2.29. The van der Waals surface area contributed by atoms with Gasteiger partial charge in [-0.15, -0.1) is 0 Å². The van der Waals surface area contributed by atoms with Crippen LogP contribution in [0.15, 0.2) is 0 Å². The van der Waals surface area contributed by atoms with Crippen molar-refractivity contribution in [3.8, 4) is 0 Å². The first-order valence-electron chi connectivity index (χ1n) is 3.06. The van der Waals surface area contributed by atoms with Crippen LogP contribution in [0.2, 0.25) is 0 Å². The molecule has 1 saturated heterocycles. The van der Waals surface area contributed by atoms with Gasteiger partial charge in [0, 0.05) is 20.0 Å². The van der Waals surface area contributed by atoms with E-state index >= 15 is 0 Å². The van der Waals surface area contributed by atoms with Crippen molar-refractivity contribution in [2.24, 2.45) is 0 Å². The topological polar surface area (TPSA) is 23.6 Å². The minimum absolute atomic E-state index is 0.152. The van der Waals surface area contributed by atoms with Gasteiger partial charge in [-0.1, -0.05) is 11.2 Å². The van der Waals surface area contributed by atoms with Crippen molar-refractivity contribution in [1.29, 1.82) is 0 Å². The predicted octanol–water partition coefficient (Wildman–Crippen LogP) is 1.25. The lowest BCUT2D eigenvalue weighted by Gasteiger charge is -2.34. The van der Waals surface area contributed by atoms with Gasteiger partial charge in [0.25, 0.3) is 0 Å². The number of amides is 1. The van der Waals surface area contributed by atoms with Crippen LogP contribution in [0.3, 0.4) is 0 Å². The van der Waals surface area contributed by atoms with Crippen molar-refractivity contribution in [2.45, 2.75) is 6.42 Å². The molecule has 0 saturated carbocycles. The molecule has 3 nitrogen and oxygen atoms in total. The summed E-state index contributed by atoms with van der Waals surface area (Å²) in [5.41, 5.74) is 0. The molecular formula is C5H10ClN2OP. The molecule has 1 atom stereocenters. The normalized spacial score (nSPS) is 29.3. The van der Waals surface area contributed by atoms with E-state index in [0.717, 1.165) is 6.54 Å². The summed E-state index contributed by atoms with van der Waals surface area (Å²) in [6.45, 7) is 0.790. The molecule has 0 N–H and O–H groups in total. The molecule has 0 aliphatic carbocycles. The van der Waals surface area contributed by atoms with E-state index in [0.29, 0.717) is 6.42 Å². The minimum atomic E-state index is -0.864. The maximum atomic E-state index is 11.0. The minimum Gasteiger partial charge on any atom is -0.299 e. The molecule has 0 aromatic carbocycles. The van der Waals surface area contributed by atoms with Crippen LogP contribution in [0.4, 0.5) is 0 Å². The number of hydrogen-bond donors (Lipinski definition) is 0. The summed E-state index contributed by atoms with van der Waals surface area (Å²) < 4.78 is 3.61. The molecule has 58 valence electrons. The first kappa shape index (κ1) is 8.25. The van der Waals surface area contributed by atoms with Crippen LogP contribution >= 0.6 is 18.8 Å². The molecule has 1 aliphatic rings. The molecule has 5 heteroatoms. The average molecular weight is 181 g/mol. The summed E-state index contributed by atoms with van der Waals surface area (Å²) in [4.78, 5) is 11.0. The Kier molecular flexibility index (Phi) is 2.50. The Bertz CT molecular complexity index is 155. The molecular weight excluding hydrogens is 170 g/mol. The van der Waals surface area contributed by atoms with E-state index in [9.17, 15) is 4.79 Å². The zero-order valence-corrected chi connectivity index (χ0v) is 7.69. The number of rotatable bonds is 0. The lowest BCUT2D eigenvalue weighted by Crippen LogP contribution is -2.34. The number of carbonyl (C=O) groups is 1. The van der Waals surface area contributed by atoms with Gasteiger partial charge < -0.3 is 0 Å². The molecule has 1 heterocycles. The summed E-state index contributed by atoms with van der Waals surface area (Å²) in [7, 11) is 2.81. The monoisotopic (exact) mass is 180 g/mol. The molecule has 0 aromatic rings. The van der Waals surface area contributed by atoms with E-state index in [1.807, 2.05) is 11.7 Å². The van der Waals surface area contributed by atoms with E-state index in [1.165, 1.54) is 0 Å². The van der Waals surface area contributed by atoms with Crippen LogP contribution in [0.5, 0.6) is 0 Å². The maximum absolute atomic E-state index is 11.0. The maximum Gasteiger partial charge on any atom is 0.228 e. The summed E-state index contributed by atoms with van der Waals surface area (Å²) in [5, 5.41) is 0. The predicted molar refractivity (Wildman–Crippen MR) is 42.8 cm³/mol. The van der Waals surface area contributed by atoms with Crippen LogP contribution in [0.25, 0.3) is 0 Å². The zero-order valence-electron chi connectivity index (χ0n) is 6.04. The fourth-order valence-electron chi connectivity index (χ4n) is 0.823. The van der Waals surface area contributed by atoms with Crippen molar-refractivity contribution in [2.75, 3.05) is 20.6 Å². The average Bonchev–Trinajstić information content (AvgIpc) is 1.93. The fraction of sp³-hybridized carbons (Fsp3) is 0.800. The first-order chi connectivity index (χ1) is 4.63. The number of nitrogens with zero attached hydrogens (tertiary/aromatic N) is 2. The summed E-state index contributed by atoms with van der Waals surface area (Å²) in [6.07, 6.45) is 0.596. The number of halogens is 1. The Hall–Kier alpha value is 0.150. The highest BCUT2D eigenvalue weighted by Crippen LogP contribution is 2.49. The van der Waals surface area contributed by atoms with Crippen LogP contribution in [-0.4, -0.2) is 35.9 Å². The second-order valence-corrected chi connectivity index (χ2v) is 4.96. The van der Waals surface area contributed by atoms with Gasteiger partial charge in [0.1, 0.15) is 0 Å². The van der Waals surface area contributed by atoms with Crippen LogP contribution < -0.4 is 0 Å². The summed E-state index contributed by atoms with van der Waals surface area (Å²) >= 11 is 5.91. The Balaban J connectivity index is 2.60. The third-order valence-corrected chi connectivity index (χ3v) is 4.48. The summed E-state index contributed by atoms with van der Waals surface area (Å²) in [6, 6.07) is 0. The van der Waals surface area contributed by atoms with Gasteiger partial charge in [0.15, 0.2) is 7.58 Å². The molecule has 1 amide bonds. The zero-order chi connectivity index (χ0) is 7.72. The van der Waals surface area contributed by atoms with Crippen molar-refractivity contribution in [3.63, 3.8) is 0 Å². The van der Waals surface area contributed by atoms with Crippen LogP contribution in [0.1, 0.15) is 6.42 Å². The molecule has 0 spiro atoms. The Morgan fingerprint density at radius 3 is 2.70 bits per heavy atom. The van der Waals surface area contributed by atoms with Gasteiger partial charge in [0.2, 0.25) is 5.91 Å². The highest BCUT2D eigenvalue weighted by Gasteiger charge is 2.27. The van der Waals surface area contributed by atoms with Gasteiger partial charge in [0.05, 0.1) is 0 Å². The first-order valence-corrected chi connectivity index (χ1v) is 5.21. The molecule has 1 fully saturated rings. The molecule has 1 rings (SSSR count). The van der Waals surface area contributed by atoms with E-state index < -0.39 is 7.58 Å². The van der Waals surface area contributed by atoms with Gasteiger partial charge in [-0.05, 0) is 7.05 Å². The lowest BCUT2D eigenvalue weighted by molar-refractivity contribution is -0.126. The molecule has 1 unspecified atom stereocenters. The third-order valence-electron chi connectivity index (χ3n) is 1.54. The summed E-state index contributed by atoms with van der Waals surface area (Å²) in [5.74, 6) is 0.152. The van der Waals surface area contributed by atoms with Crippen LogP contribution in [0, 0.1) is 0 Å². The van der Waals surface area contributed by atoms with Gasteiger partial charge >= 0.3 is 0 Å². The fourth-order valence-corrected chi connectivity index (χ4v) is 2.31. The van der Waals surface area contributed by atoms with E-state index in [-0.39, 0.29) is 5.91 Å². The highest BCUT2D eigenvalue weighted by molar-refractivity contribution is 7.80. The van der Waals surface area contributed by atoms with Gasteiger partial charge in [-0.2, -0.15) is 0 Å². The second kappa shape index (κ2) is 3.04. The third kappa shape index (κ3) is 1.42. The SMILES string of the molecule is CN1CCC(=O)N(C)P1Cl. The lowest BCUT2D eigenvalue weighted by atomic mass is 10.4. The quantitative estimate of drug-likeness (QED) is 0.524. The van der Waals surface area contributed by atoms with E-state index in [4.69, 9.17) is 11.2 Å². The largest absolute Gasteiger partial charge is 0.299 e. The van der Waals surface area contributed by atoms with Crippen molar-refractivity contribution < 1.29 is 4.79 Å². The molecule has 0 radical (unpaired) electrons. The molecule has 10 heavy (non-hydrogen) atoms. The van der Waals surface area contributed by atoms with Crippen molar-refractivity contribution in [1.82, 2.24) is 9.34 Å². The number of carbonyl (C=O) groups excluding carboxylic acids is 1. The Morgan fingerprint density at radius 1 is 1.60 bits per heavy atom. The number of hydrogen-bond acceptors (Lipinski definition) is 2. The molecule has 0 bridgehead atoms. The molecule has 1 aliphatic heterocycles. The van der Waals surface area contributed by atoms with Crippen molar-refractivity contribution >= 4 is 24.7 Å². The van der Waals surface area contributed by atoms with Crippen molar-refractivity contribution in [3.05, 3.63) is 0 Å². The highest BCUT2D eigenvalue weighted by atomic mass is 35.7. The van der Waals surface area contributed by atoms with E-state index in [1.54, 1.807) is 11.7 Å². The van der Waals surface area contributed by atoms with Gasteiger partial charge in [-0.3, -0.25) is 14.1 Å². The standard InChI is InChI=1S/C5H10ClN2OP/c1-7-4-3-5(9)8(2)10(7)6/h3-4H2,1-2H3. The Labute approximate surface area is 66.6 Å². The molecule has 0 aromatic heterocycles. The van der Waals surface area contributed by atoms with E-state index in [2.05, 4.69) is 0 Å². The van der Waals surface area contributed by atoms with Gasteiger partial charge in [-0.25, -0.2) is 0 Å². The van der Waals surface area contributed by atoms with Crippen LogP contribution in [-0.2, 0) is 4.79 Å². The smallest absolute Gasteiger partial charge is 0.228 e.